The summed E-state index contributed by atoms with van der Waals surface area (Å²) < 4.78 is 0. The summed E-state index contributed by atoms with van der Waals surface area (Å²) in [5, 5.41) is 9.49. The Hall–Kier alpha value is -1.26. The predicted molar refractivity (Wildman–Crippen MR) is 79.3 cm³/mol. The van der Waals surface area contributed by atoms with E-state index >= 15 is 0 Å². The van der Waals surface area contributed by atoms with E-state index in [9.17, 15) is 4.79 Å². The van der Waals surface area contributed by atoms with Crippen LogP contribution in [0.4, 0.5) is 0 Å². The van der Waals surface area contributed by atoms with Crippen LogP contribution >= 0.6 is 0 Å². The van der Waals surface area contributed by atoms with Gasteiger partial charge in [-0.15, -0.1) is 0 Å². The number of amides is 1. The lowest BCUT2D eigenvalue weighted by Gasteiger charge is -2.20. The van der Waals surface area contributed by atoms with Crippen molar-refractivity contribution in [3.8, 4) is 0 Å². The monoisotopic (exact) mass is 268 g/mol. The Morgan fingerprint density at radius 3 is 2.42 bits per heavy atom. The predicted octanol–water partition coefficient (Wildman–Crippen LogP) is 1.40. The molecule has 110 valence electrons. The van der Waals surface area contributed by atoms with Crippen molar-refractivity contribution >= 4 is 11.9 Å². The van der Waals surface area contributed by atoms with Crippen molar-refractivity contribution in [1.82, 2.24) is 16.0 Å². The average Bonchev–Trinajstić information content (AvgIpc) is 2.76. The van der Waals surface area contributed by atoms with Crippen LogP contribution in [-0.4, -0.2) is 36.5 Å². The lowest BCUT2D eigenvalue weighted by atomic mass is 10.1. The summed E-state index contributed by atoms with van der Waals surface area (Å²) in [6, 6.07) is 0.503. The lowest BCUT2D eigenvalue weighted by molar-refractivity contribution is -0.121. The van der Waals surface area contributed by atoms with E-state index in [2.05, 4.69) is 20.9 Å². The lowest BCUT2D eigenvalue weighted by Crippen LogP contribution is -2.45. The number of hydrogen-bond donors (Lipinski definition) is 3. The van der Waals surface area contributed by atoms with Crippen molar-refractivity contribution in [3.05, 3.63) is 0 Å². The van der Waals surface area contributed by atoms with Gasteiger partial charge in [0.05, 0.1) is 0 Å². The molecule has 1 rings (SSSR count). The molecule has 0 radical (unpaired) electrons. The van der Waals surface area contributed by atoms with Gasteiger partial charge in [-0.05, 0) is 40.5 Å². The number of carbonyl (C=O) groups excluding carboxylic acids is 1. The molecule has 0 aromatic heterocycles. The van der Waals surface area contributed by atoms with E-state index in [1.165, 1.54) is 25.7 Å². The van der Waals surface area contributed by atoms with Gasteiger partial charge in [-0.25, -0.2) is 4.99 Å². The van der Waals surface area contributed by atoms with Gasteiger partial charge < -0.3 is 16.0 Å². The molecule has 5 nitrogen and oxygen atoms in total. The highest BCUT2D eigenvalue weighted by atomic mass is 16.2. The minimum absolute atomic E-state index is 0.0453. The Morgan fingerprint density at radius 1 is 1.26 bits per heavy atom. The first-order valence-corrected chi connectivity index (χ1v) is 7.26. The fourth-order valence-corrected chi connectivity index (χ4v) is 2.19. The summed E-state index contributed by atoms with van der Waals surface area (Å²) in [6.07, 6.45) is 4.94. The normalized spacial score (nSPS) is 17.4. The van der Waals surface area contributed by atoms with Gasteiger partial charge in [0, 0.05) is 18.1 Å². The van der Waals surface area contributed by atoms with Crippen molar-refractivity contribution in [1.29, 1.82) is 0 Å². The van der Waals surface area contributed by atoms with Gasteiger partial charge in [-0.2, -0.15) is 0 Å². The Bertz CT molecular complexity index is 314. The molecule has 1 saturated carbocycles. The number of carbonyl (C=O) groups is 1. The number of nitrogens with zero attached hydrogens (tertiary/aromatic N) is 1. The minimum Gasteiger partial charge on any atom is -0.357 e. The Balaban J connectivity index is 2.45. The largest absolute Gasteiger partial charge is 0.357 e. The summed E-state index contributed by atoms with van der Waals surface area (Å²) in [4.78, 5) is 16.1. The zero-order valence-corrected chi connectivity index (χ0v) is 12.7. The van der Waals surface area contributed by atoms with E-state index < -0.39 is 0 Å². The molecule has 0 spiro atoms. The fraction of sp³-hybridized carbons (Fsp3) is 0.857. The third-order valence-electron chi connectivity index (χ3n) is 2.94. The molecule has 0 aromatic carbocycles. The highest BCUT2D eigenvalue weighted by Crippen LogP contribution is 2.17. The van der Waals surface area contributed by atoms with Crippen molar-refractivity contribution in [2.75, 3.05) is 13.1 Å². The smallest absolute Gasteiger partial charge is 0.242 e. The zero-order valence-electron chi connectivity index (χ0n) is 12.7. The van der Waals surface area contributed by atoms with E-state index in [1.54, 1.807) is 0 Å². The SMILES string of the molecule is CCNC(=NCC(=O)NC(C)(C)C)NC1CCCC1. The van der Waals surface area contributed by atoms with Crippen LogP contribution in [0.15, 0.2) is 4.99 Å². The van der Waals surface area contributed by atoms with Crippen LogP contribution in [0.3, 0.4) is 0 Å². The first-order chi connectivity index (χ1) is 8.90. The molecule has 0 unspecified atom stereocenters. The van der Waals surface area contributed by atoms with E-state index in [1.807, 2.05) is 27.7 Å². The van der Waals surface area contributed by atoms with Gasteiger partial charge in [0.2, 0.25) is 5.91 Å². The van der Waals surface area contributed by atoms with Gasteiger partial charge in [-0.1, -0.05) is 12.8 Å². The van der Waals surface area contributed by atoms with Gasteiger partial charge in [0.25, 0.3) is 0 Å². The molecular weight excluding hydrogens is 240 g/mol. The van der Waals surface area contributed by atoms with Crippen LogP contribution in [0.25, 0.3) is 0 Å². The third-order valence-corrected chi connectivity index (χ3v) is 2.94. The van der Waals surface area contributed by atoms with Crippen molar-refractivity contribution in [2.24, 2.45) is 4.99 Å². The molecule has 0 aliphatic heterocycles. The van der Waals surface area contributed by atoms with E-state index in [4.69, 9.17) is 0 Å². The topological polar surface area (TPSA) is 65.5 Å². The molecular formula is C14H28N4O. The second kappa shape index (κ2) is 7.36. The molecule has 0 bridgehead atoms. The molecule has 3 N–H and O–H groups in total. The van der Waals surface area contributed by atoms with Crippen LogP contribution in [0.1, 0.15) is 53.4 Å². The molecule has 1 aliphatic rings. The highest BCUT2D eigenvalue weighted by molar-refractivity contribution is 5.85. The molecule has 1 fully saturated rings. The Morgan fingerprint density at radius 2 is 1.89 bits per heavy atom. The van der Waals surface area contributed by atoms with Crippen LogP contribution in [0.2, 0.25) is 0 Å². The standard InChI is InChI=1S/C14H28N4O/c1-5-15-13(17-11-8-6-7-9-11)16-10-12(19)18-14(2,3)4/h11H,5-10H2,1-4H3,(H,18,19)(H2,15,16,17). The third kappa shape index (κ3) is 7.03. The summed E-state index contributed by atoms with van der Waals surface area (Å²) in [5.41, 5.74) is -0.205. The van der Waals surface area contributed by atoms with Crippen molar-refractivity contribution in [3.63, 3.8) is 0 Å². The second-order valence-corrected chi connectivity index (χ2v) is 6.12. The summed E-state index contributed by atoms with van der Waals surface area (Å²) in [5.74, 6) is 0.703. The molecule has 0 aromatic rings. The minimum atomic E-state index is -0.205. The van der Waals surface area contributed by atoms with Gasteiger partial charge >= 0.3 is 0 Å². The fourth-order valence-electron chi connectivity index (χ4n) is 2.19. The quantitative estimate of drug-likeness (QED) is 0.533. The average molecular weight is 268 g/mol. The van der Waals surface area contributed by atoms with E-state index in [0.717, 1.165) is 12.5 Å². The first kappa shape index (κ1) is 15.8. The molecule has 0 atom stereocenters. The van der Waals surface area contributed by atoms with Crippen LogP contribution in [-0.2, 0) is 4.79 Å². The van der Waals surface area contributed by atoms with E-state index in [-0.39, 0.29) is 18.0 Å². The maximum atomic E-state index is 11.7. The van der Waals surface area contributed by atoms with E-state index in [0.29, 0.717) is 6.04 Å². The van der Waals surface area contributed by atoms with Crippen molar-refractivity contribution < 1.29 is 4.79 Å². The number of nitrogens with one attached hydrogen (secondary N) is 3. The molecule has 0 heterocycles. The zero-order chi connectivity index (χ0) is 14.3. The molecule has 19 heavy (non-hydrogen) atoms. The van der Waals surface area contributed by atoms with Gasteiger partial charge in [0.15, 0.2) is 5.96 Å². The Labute approximate surface area is 116 Å². The maximum Gasteiger partial charge on any atom is 0.242 e. The van der Waals surface area contributed by atoms with Gasteiger partial charge in [0.1, 0.15) is 6.54 Å². The summed E-state index contributed by atoms with van der Waals surface area (Å²) in [7, 11) is 0. The van der Waals surface area contributed by atoms with Crippen LogP contribution in [0, 0.1) is 0 Å². The number of aliphatic imine (C=N–C) groups is 1. The Kier molecular flexibility index (Phi) is 6.12. The summed E-state index contributed by atoms with van der Waals surface area (Å²) in [6.45, 7) is 8.91. The van der Waals surface area contributed by atoms with Crippen LogP contribution < -0.4 is 16.0 Å². The number of hydrogen-bond acceptors (Lipinski definition) is 2. The van der Waals surface area contributed by atoms with Gasteiger partial charge in [-0.3, -0.25) is 4.79 Å². The number of rotatable bonds is 4. The second-order valence-electron chi connectivity index (χ2n) is 6.12. The highest BCUT2D eigenvalue weighted by Gasteiger charge is 2.17. The van der Waals surface area contributed by atoms with Crippen LogP contribution in [0.5, 0.6) is 0 Å². The maximum absolute atomic E-state index is 11.7. The van der Waals surface area contributed by atoms with Crippen molar-refractivity contribution in [2.45, 2.75) is 65.0 Å². The first-order valence-electron chi connectivity index (χ1n) is 7.26. The molecule has 1 aliphatic carbocycles. The molecule has 0 saturated heterocycles. The molecule has 1 amide bonds. The molecule has 5 heteroatoms. The summed E-state index contributed by atoms with van der Waals surface area (Å²) >= 11 is 0. The number of guanidine groups is 1.